The quantitative estimate of drug-likeness (QED) is 0.575. The number of thiophene rings is 1. The second-order valence-corrected chi connectivity index (χ2v) is 5.57. The highest BCUT2D eigenvalue weighted by Crippen LogP contribution is 2.36. The van der Waals surface area contributed by atoms with Crippen LogP contribution in [0.15, 0.2) is 22.0 Å². The molecule has 2 rings (SSSR count). The SMILES string of the molecule is Clc1ccc2scc(Br)c2c1I. The van der Waals surface area contributed by atoms with E-state index in [4.69, 9.17) is 11.6 Å². The first kappa shape index (κ1) is 9.24. The van der Waals surface area contributed by atoms with Crippen LogP contribution in [0, 0.1) is 3.57 Å². The van der Waals surface area contributed by atoms with Crippen molar-refractivity contribution in [2.24, 2.45) is 0 Å². The Morgan fingerprint density at radius 1 is 1.42 bits per heavy atom. The molecule has 1 heterocycles. The Bertz CT molecular complexity index is 438. The van der Waals surface area contributed by atoms with E-state index in [2.05, 4.69) is 50.0 Å². The maximum absolute atomic E-state index is 5.99. The minimum Gasteiger partial charge on any atom is -0.143 e. The summed E-state index contributed by atoms with van der Waals surface area (Å²) in [4.78, 5) is 0. The van der Waals surface area contributed by atoms with E-state index in [9.17, 15) is 0 Å². The molecule has 0 spiro atoms. The van der Waals surface area contributed by atoms with Crippen molar-refractivity contribution in [3.63, 3.8) is 0 Å². The van der Waals surface area contributed by atoms with Gasteiger partial charge in [-0.1, -0.05) is 11.6 Å². The number of halogens is 3. The van der Waals surface area contributed by atoms with E-state index in [0.29, 0.717) is 0 Å². The van der Waals surface area contributed by atoms with Crippen LogP contribution in [0.3, 0.4) is 0 Å². The average Bonchev–Trinajstić information content (AvgIpc) is 2.41. The van der Waals surface area contributed by atoms with Crippen molar-refractivity contribution in [2.45, 2.75) is 0 Å². The molecule has 0 atom stereocenters. The molecule has 1 aromatic carbocycles. The predicted molar refractivity (Wildman–Crippen MR) is 67.3 cm³/mol. The Labute approximate surface area is 101 Å². The van der Waals surface area contributed by atoms with Gasteiger partial charge in [-0.3, -0.25) is 0 Å². The van der Waals surface area contributed by atoms with Gasteiger partial charge in [0.15, 0.2) is 0 Å². The Kier molecular flexibility index (Phi) is 2.65. The molecule has 0 radical (unpaired) electrons. The van der Waals surface area contributed by atoms with Gasteiger partial charge in [0, 0.05) is 23.5 Å². The molecule has 0 nitrogen and oxygen atoms in total. The third kappa shape index (κ3) is 1.41. The summed E-state index contributed by atoms with van der Waals surface area (Å²) in [7, 11) is 0. The third-order valence-electron chi connectivity index (χ3n) is 1.58. The van der Waals surface area contributed by atoms with Crippen molar-refractivity contribution < 1.29 is 0 Å². The Balaban J connectivity index is 2.96. The Hall–Kier alpha value is 0.680. The van der Waals surface area contributed by atoms with Gasteiger partial charge in [0.1, 0.15) is 0 Å². The third-order valence-corrected chi connectivity index (χ3v) is 5.22. The van der Waals surface area contributed by atoms with Crippen LogP contribution in [-0.4, -0.2) is 0 Å². The smallest absolute Gasteiger partial charge is 0.0546 e. The van der Waals surface area contributed by atoms with E-state index in [1.165, 1.54) is 10.1 Å². The van der Waals surface area contributed by atoms with Gasteiger partial charge >= 0.3 is 0 Å². The molecule has 4 heteroatoms. The molecule has 0 N–H and O–H groups in total. The lowest BCUT2D eigenvalue weighted by Crippen LogP contribution is -1.74. The van der Waals surface area contributed by atoms with Crippen molar-refractivity contribution in [3.05, 3.63) is 30.6 Å². The second kappa shape index (κ2) is 3.44. The Morgan fingerprint density at radius 3 is 2.92 bits per heavy atom. The minimum atomic E-state index is 0.821. The lowest BCUT2D eigenvalue weighted by molar-refractivity contribution is 1.76. The molecular weight excluding hydrogens is 370 g/mol. The number of hydrogen-bond acceptors (Lipinski definition) is 1. The summed E-state index contributed by atoms with van der Waals surface area (Å²) in [6, 6.07) is 3.99. The van der Waals surface area contributed by atoms with E-state index in [1.807, 2.05) is 6.07 Å². The first-order valence-corrected chi connectivity index (χ1v) is 6.34. The summed E-state index contributed by atoms with van der Waals surface area (Å²) in [5, 5.41) is 4.14. The first-order chi connectivity index (χ1) is 5.70. The molecule has 0 bridgehead atoms. The fourth-order valence-corrected chi connectivity index (χ4v) is 4.15. The highest BCUT2D eigenvalue weighted by molar-refractivity contribution is 14.1. The fraction of sp³-hybridized carbons (Fsp3) is 0. The van der Waals surface area contributed by atoms with Gasteiger partial charge in [-0.25, -0.2) is 0 Å². The van der Waals surface area contributed by atoms with Crippen LogP contribution >= 0.6 is 61.5 Å². The summed E-state index contributed by atoms with van der Waals surface area (Å²) in [6.45, 7) is 0. The van der Waals surface area contributed by atoms with E-state index < -0.39 is 0 Å². The fourth-order valence-electron chi connectivity index (χ4n) is 1.03. The number of hydrogen-bond donors (Lipinski definition) is 0. The van der Waals surface area contributed by atoms with Crippen LogP contribution in [0.25, 0.3) is 10.1 Å². The van der Waals surface area contributed by atoms with E-state index in [0.717, 1.165) is 13.1 Å². The standard InChI is InChI=1S/C8H3BrClIS/c9-4-3-12-6-2-1-5(10)8(11)7(4)6/h1-3H. The van der Waals surface area contributed by atoms with Gasteiger partial charge in [0.25, 0.3) is 0 Å². The molecule has 12 heavy (non-hydrogen) atoms. The van der Waals surface area contributed by atoms with Crippen molar-refractivity contribution in [2.75, 3.05) is 0 Å². The summed E-state index contributed by atoms with van der Waals surface area (Å²) in [5.41, 5.74) is 0. The molecule has 1 aromatic heterocycles. The molecule has 0 aliphatic heterocycles. The lowest BCUT2D eigenvalue weighted by Gasteiger charge is -1.97. The largest absolute Gasteiger partial charge is 0.143 e. The van der Waals surface area contributed by atoms with E-state index >= 15 is 0 Å². The van der Waals surface area contributed by atoms with E-state index in [-0.39, 0.29) is 0 Å². The van der Waals surface area contributed by atoms with Gasteiger partial charge in [0.2, 0.25) is 0 Å². The van der Waals surface area contributed by atoms with Crippen LogP contribution in [0.4, 0.5) is 0 Å². The van der Waals surface area contributed by atoms with Crippen molar-refractivity contribution in [1.82, 2.24) is 0 Å². The highest BCUT2D eigenvalue weighted by Gasteiger charge is 2.07. The summed E-state index contributed by atoms with van der Waals surface area (Å²) in [5.74, 6) is 0. The molecular formula is C8H3BrClIS. The molecule has 2 aromatic rings. The lowest BCUT2D eigenvalue weighted by atomic mass is 10.3. The van der Waals surface area contributed by atoms with Gasteiger partial charge in [-0.15, -0.1) is 11.3 Å². The normalized spacial score (nSPS) is 10.9. The summed E-state index contributed by atoms with van der Waals surface area (Å²) >= 11 is 13.5. The topological polar surface area (TPSA) is 0 Å². The number of benzene rings is 1. The molecule has 0 aliphatic rings. The number of rotatable bonds is 0. The molecule has 0 amide bonds. The molecule has 0 unspecified atom stereocenters. The second-order valence-electron chi connectivity index (χ2n) is 2.32. The summed E-state index contributed by atoms with van der Waals surface area (Å²) in [6.07, 6.45) is 0. The molecule has 0 saturated heterocycles. The zero-order chi connectivity index (χ0) is 8.72. The maximum atomic E-state index is 5.99. The van der Waals surface area contributed by atoms with Crippen LogP contribution in [0.5, 0.6) is 0 Å². The van der Waals surface area contributed by atoms with Gasteiger partial charge in [-0.05, 0) is 50.7 Å². The first-order valence-electron chi connectivity index (χ1n) is 3.21. The molecule has 0 saturated carbocycles. The van der Waals surface area contributed by atoms with Crippen LogP contribution < -0.4 is 0 Å². The Morgan fingerprint density at radius 2 is 2.17 bits per heavy atom. The van der Waals surface area contributed by atoms with Crippen LogP contribution in [0.2, 0.25) is 5.02 Å². The molecule has 62 valence electrons. The van der Waals surface area contributed by atoms with Gasteiger partial charge in [0.05, 0.1) is 5.02 Å². The number of fused-ring (bicyclic) bond motifs is 1. The monoisotopic (exact) mass is 372 g/mol. The van der Waals surface area contributed by atoms with Crippen molar-refractivity contribution in [1.29, 1.82) is 0 Å². The highest BCUT2D eigenvalue weighted by atomic mass is 127. The molecule has 0 aliphatic carbocycles. The van der Waals surface area contributed by atoms with Crippen LogP contribution in [0.1, 0.15) is 0 Å². The van der Waals surface area contributed by atoms with Crippen LogP contribution in [-0.2, 0) is 0 Å². The van der Waals surface area contributed by atoms with Gasteiger partial charge in [-0.2, -0.15) is 0 Å². The summed E-state index contributed by atoms with van der Waals surface area (Å²) < 4.78 is 3.53. The maximum Gasteiger partial charge on any atom is 0.0546 e. The minimum absolute atomic E-state index is 0.821. The molecule has 0 fully saturated rings. The zero-order valence-corrected chi connectivity index (χ0v) is 11.1. The predicted octanol–water partition coefficient (Wildman–Crippen LogP) is 4.92. The van der Waals surface area contributed by atoms with Gasteiger partial charge < -0.3 is 0 Å². The van der Waals surface area contributed by atoms with E-state index in [1.54, 1.807) is 11.3 Å². The zero-order valence-electron chi connectivity index (χ0n) is 5.77. The average molecular weight is 373 g/mol. The van der Waals surface area contributed by atoms with Crippen molar-refractivity contribution >= 4 is 71.5 Å². The van der Waals surface area contributed by atoms with Crippen molar-refractivity contribution in [3.8, 4) is 0 Å².